The number of likely N-dealkylation sites (N-methyl/N-ethyl adjacent to an activating group) is 1. The average molecular weight is 714 g/mol. The van der Waals surface area contributed by atoms with Gasteiger partial charge in [0.05, 0.1) is 24.8 Å². The number of nitrogens with one attached hydrogen (secondary N) is 2. The van der Waals surface area contributed by atoms with E-state index in [1.54, 1.807) is 24.1 Å². The molecule has 1 saturated carbocycles. The number of oxazole rings is 1. The van der Waals surface area contributed by atoms with Crippen molar-refractivity contribution in [3.05, 3.63) is 101 Å². The Morgan fingerprint density at radius 2 is 1.65 bits per heavy atom. The highest BCUT2D eigenvalue weighted by Gasteiger charge is 2.43. The number of nitrogens with zero attached hydrogens (tertiary/aromatic N) is 2. The van der Waals surface area contributed by atoms with Crippen LogP contribution in [0, 0.1) is 11.8 Å². The average Bonchev–Trinajstić information content (AvgIpc) is 3.80. The summed E-state index contributed by atoms with van der Waals surface area (Å²) in [6, 6.07) is 22.4. The zero-order valence-corrected chi connectivity index (χ0v) is 29.9. The number of benzene rings is 3. The minimum Gasteiger partial charge on any atom is -0.434 e. The molecule has 0 spiro atoms. The quantitative estimate of drug-likeness (QED) is 0.133. The van der Waals surface area contributed by atoms with Gasteiger partial charge >= 0.3 is 0 Å². The molecule has 1 saturated heterocycles. The van der Waals surface area contributed by atoms with Gasteiger partial charge in [-0.1, -0.05) is 79.0 Å². The number of halogens is 1. The van der Waals surface area contributed by atoms with Crippen LogP contribution < -0.4 is 16.4 Å². The first-order valence-electron chi connectivity index (χ1n) is 18.1. The summed E-state index contributed by atoms with van der Waals surface area (Å²) < 4.78 is 12.2. The fraction of sp³-hybridized carbons (Fsp3) is 0.450. The van der Waals surface area contributed by atoms with Crippen molar-refractivity contribution < 1.29 is 23.5 Å². The van der Waals surface area contributed by atoms with Crippen LogP contribution in [0.1, 0.15) is 66.8 Å². The lowest BCUT2D eigenvalue weighted by molar-refractivity contribution is -0.140. The number of carbonyl (C=O) groups excluding carboxylic acids is 3. The Hall–Kier alpha value is -4.09. The summed E-state index contributed by atoms with van der Waals surface area (Å²) in [5.41, 5.74) is 9.11. The second-order valence-electron chi connectivity index (χ2n) is 13.9. The van der Waals surface area contributed by atoms with Crippen LogP contribution in [0.3, 0.4) is 0 Å². The van der Waals surface area contributed by atoms with Crippen LogP contribution in [0.4, 0.5) is 0 Å². The van der Waals surface area contributed by atoms with Crippen molar-refractivity contribution in [2.45, 2.75) is 82.2 Å². The summed E-state index contributed by atoms with van der Waals surface area (Å²) in [4.78, 5) is 48.7. The molecular formula is C40H48ClN5O5. The van der Waals surface area contributed by atoms with Gasteiger partial charge in [0.25, 0.3) is 5.89 Å². The van der Waals surface area contributed by atoms with Gasteiger partial charge in [0.2, 0.25) is 17.6 Å². The van der Waals surface area contributed by atoms with Crippen molar-refractivity contribution in [3.63, 3.8) is 0 Å². The molecule has 0 bridgehead atoms. The molecular weight excluding hydrogens is 666 g/mol. The molecule has 51 heavy (non-hydrogen) atoms. The summed E-state index contributed by atoms with van der Waals surface area (Å²) in [5, 5.41) is 6.89. The number of carbonyl (C=O) groups is 3. The zero-order chi connectivity index (χ0) is 35.7. The van der Waals surface area contributed by atoms with Crippen LogP contribution in [0.25, 0.3) is 11.1 Å². The number of hydrogen-bond donors (Lipinski definition) is 3. The minimum atomic E-state index is -0.867. The molecule has 4 N–H and O–H groups in total. The molecule has 2 fully saturated rings. The number of Topliss-reactive ketones (excluding diaryl/α,β-unsaturated/α-hetero) is 1. The SMILES string of the molecule is CN[C@H](CCc1ccccc1)C(=O)N1C[C@H](OCc2ccc(Cl)cc2)C[C@H]1C(=O)N[C@@H](CC1CCC(CN)CC1)C(=O)c1nc2ccccc2o1. The molecule has 2 aliphatic rings. The van der Waals surface area contributed by atoms with Crippen molar-refractivity contribution in [1.82, 2.24) is 20.5 Å². The number of ketones is 1. The van der Waals surface area contributed by atoms with Gasteiger partial charge < -0.3 is 30.4 Å². The van der Waals surface area contributed by atoms with E-state index < -0.39 is 18.1 Å². The number of aryl methyl sites for hydroxylation is 1. The molecule has 0 unspecified atom stereocenters. The summed E-state index contributed by atoms with van der Waals surface area (Å²) in [5.74, 6) is -0.251. The van der Waals surface area contributed by atoms with Gasteiger partial charge in [-0.15, -0.1) is 0 Å². The smallest absolute Gasteiger partial charge is 0.266 e. The van der Waals surface area contributed by atoms with Crippen LogP contribution in [0.15, 0.2) is 83.3 Å². The lowest BCUT2D eigenvalue weighted by atomic mass is 9.79. The van der Waals surface area contributed by atoms with Gasteiger partial charge in [-0.25, -0.2) is 4.98 Å². The molecule has 10 nitrogen and oxygen atoms in total. The Bertz CT molecular complexity index is 1720. The van der Waals surface area contributed by atoms with E-state index >= 15 is 0 Å². The highest BCUT2D eigenvalue weighted by molar-refractivity contribution is 6.30. The van der Waals surface area contributed by atoms with Gasteiger partial charge in [0.1, 0.15) is 11.6 Å². The van der Waals surface area contributed by atoms with Crippen molar-refractivity contribution in [2.24, 2.45) is 17.6 Å². The van der Waals surface area contributed by atoms with Gasteiger partial charge in [0.15, 0.2) is 5.58 Å². The first kappa shape index (κ1) is 36.7. The number of fused-ring (bicyclic) bond motifs is 1. The number of rotatable bonds is 15. The highest BCUT2D eigenvalue weighted by atomic mass is 35.5. The standard InChI is InChI=1S/C40H48ClN5O5/c1-43-33(20-17-26-7-3-2-4-8-26)40(49)46-24-31(50-25-29-15-18-30(41)19-16-29)22-35(46)38(48)44-34(21-27-11-13-28(23-42)14-12-27)37(47)39-45-32-9-5-6-10-36(32)51-39/h2-10,15-16,18-19,27-28,31,33-35,43H,11-14,17,20-25,42H2,1H3,(H,44,48)/t27?,28?,31-,33-,34+,35+/m1/s1. The molecule has 6 rings (SSSR count). The monoisotopic (exact) mass is 713 g/mol. The maximum absolute atomic E-state index is 14.4. The molecule has 0 radical (unpaired) electrons. The van der Waals surface area contributed by atoms with E-state index in [1.165, 1.54) is 0 Å². The number of amides is 2. The Balaban J connectivity index is 1.21. The maximum atomic E-state index is 14.4. The minimum absolute atomic E-state index is 0.0307. The second kappa shape index (κ2) is 17.4. The van der Waals surface area contributed by atoms with Gasteiger partial charge in [-0.2, -0.15) is 0 Å². The first-order chi connectivity index (χ1) is 24.8. The lowest BCUT2D eigenvalue weighted by Gasteiger charge is -2.31. The van der Waals surface area contributed by atoms with Gasteiger partial charge in [-0.05, 0) is 92.9 Å². The van der Waals surface area contributed by atoms with Crippen LogP contribution in [-0.2, 0) is 27.4 Å². The third-order valence-corrected chi connectivity index (χ3v) is 10.7. The fourth-order valence-electron chi connectivity index (χ4n) is 7.41. The highest BCUT2D eigenvalue weighted by Crippen LogP contribution is 2.32. The molecule has 11 heteroatoms. The number of hydrogen-bond acceptors (Lipinski definition) is 8. The van der Waals surface area contributed by atoms with E-state index in [9.17, 15) is 14.4 Å². The third kappa shape index (κ3) is 9.43. The summed E-state index contributed by atoms with van der Waals surface area (Å²) >= 11 is 6.08. The Morgan fingerprint density at radius 1 is 0.941 bits per heavy atom. The number of nitrogens with two attached hydrogens (primary N) is 1. The van der Waals surface area contributed by atoms with Crippen molar-refractivity contribution >= 4 is 40.3 Å². The molecule has 3 aromatic carbocycles. The number of aromatic nitrogens is 1. The third-order valence-electron chi connectivity index (χ3n) is 10.5. The molecule has 2 heterocycles. The van der Waals surface area contributed by atoms with E-state index in [-0.39, 0.29) is 42.1 Å². The Morgan fingerprint density at radius 3 is 2.35 bits per heavy atom. The fourth-order valence-corrected chi connectivity index (χ4v) is 7.54. The molecule has 4 atom stereocenters. The van der Waals surface area contributed by atoms with E-state index in [1.807, 2.05) is 66.7 Å². The van der Waals surface area contributed by atoms with Crippen LogP contribution in [-0.4, -0.2) is 71.8 Å². The second-order valence-corrected chi connectivity index (χ2v) is 14.4. The Labute approximate surface area is 304 Å². The van der Waals surface area contributed by atoms with Crippen molar-refractivity contribution in [3.8, 4) is 0 Å². The van der Waals surface area contributed by atoms with E-state index in [0.717, 1.165) is 36.8 Å². The molecule has 270 valence electrons. The van der Waals surface area contributed by atoms with E-state index in [0.29, 0.717) is 60.9 Å². The largest absolute Gasteiger partial charge is 0.434 e. The number of para-hydroxylation sites is 2. The van der Waals surface area contributed by atoms with E-state index in [2.05, 4.69) is 15.6 Å². The van der Waals surface area contributed by atoms with E-state index in [4.69, 9.17) is 26.5 Å². The summed E-state index contributed by atoms with van der Waals surface area (Å²) in [6.45, 7) is 1.22. The summed E-state index contributed by atoms with van der Waals surface area (Å²) in [7, 11) is 1.77. The molecule has 1 aromatic heterocycles. The molecule has 4 aromatic rings. The Kier molecular flexibility index (Phi) is 12.5. The van der Waals surface area contributed by atoms with Gasteiger partial charge in [-0.3, -0.25) is 14.4 Å². The lowest BCUT2D eigenvalue weighted by Crippen LogP contribution is -2.54. The van der Waals surface area contributed by atoms with Crippen LogP contribution in [0.2, 0.25) is 5.02 Å². The molecule has 1 aliphatic heterocycles. The number of likely N-dealkylation sites (tertiary alicyclic amines) is 1. The predicted octanol–water partition coefficient (Wildman–Crippen LogP) is 5.71. The van der Waals surface area contributed by atoms with Gasteiger partial charge in [0, 0.05) is 18.0 Å². The van der Waals surface area contributed by atoms with Crippen molar-refractivity contribution in [1.29, 1.82) is 0 Å². The normalized spacial score (nSPS) is 21.7. The van der Waals surface area contributed by atoms with Crippen LogP contribution in [0.5, 0.6) is 0 Å². The van der Waals surface area contributed by atoms with Crippen molar-refractivity contribution in [2.75, 3.05) is 20.1 Å². The molecule has 2 amide bonds. The number of ether oxygens (including phenoxy) is 1. The predicted molar refractivity (Wildman–Crippen MR) is 197 cm³/mol. The maximum Gasteiger partial charge on any atom is 0.266 e. The first-order valence-corrected chi connectivity index (χ1v) is 18.5. The van der Waals surface area contributed by atoms with Crippen LogP contribution >= 0.6 is 11.6 Å². The zero-order valence-electron chi connectivity index (χ0n) is 29.1. The summed E-state index contributed by atoms with van der Waals surface area (Å²) in [6.07, 6.45) is 5.46. The topological polar surface area (TPSA) is 140 Å². The molecule has 1 aliphatic carbocycles.